The fourth-order valence-electron chi connectivity index (χ4n) is 2.04. The van der Waals surface area contributed by atoms with Gasteiger partial charge in [-0.25, -0.2) is 0 Å². The molecule has 0 aliphatic heterocycles. The van der Waals surface area contributed by atoms with Crippen molar-refractivity contribution >= 4 is 0 Å². The van der Waals surface area contributed by atoms with Gasteiger partial charge in [-0.05, 0) is 25.0 Å². The highest BCUT2D eigenvalue weighted by Gasteiger charge is 2.06. The summed E-state index contributed by atoms with van der Waals surface area (Å²) in [5.74, 6) is 0. The van der Waals surface area contributed by atoms with Gasteiger partial charge in [-0.15, -0.1) is 0 Å². The van der Waals surface area contributed by atoms with Gasteiger partial charge in [0.05, 0.1) is 5.69 Å². The van der Waals surface area contributed by atoms with Crippen molar-refractivity contribution in [3.8, 4) is 0 Å². The molecule has 1 aromatic carbocycles. The van der Waals surface area contributed by atoms with E-state index < -0.39 is 0 Å². The molecule has 18 heavy (non-hydrogen) atoms. The van der Waals surface area contributed by atoms with Gasteiger partial charge in [-0.1, -0.05) is 37.3 Å². The second kappa shape index (κ2) is 6.36. The molecular formula is C15H21N3. The van der Waals surface area contributed by atoms with E-state index in [2.05, 4.69) is 59.3 Å². The van der Waals surface area contributed by atoms with Crippen molar-refractivity contribution in [3.05, 3.63) is 53.9 Å². The SMILES string of the molecule is CCCn1nccc1CNC(C)c1ccccc1. The van der Waals surface area contributed by atoms with Crippen molar-refractivity contribution in [2.75, 3.05) is 0 Å². The molecule has 0 bridgehead atoms. The summed E-state index contributed by atoms with van der Waals surface area (Å²) >= 11 is 0. The van der Waals surface area contributed by atoms with Crippen LogP contribution in [0.3, 0.4) is 0 Å². The van der Waals surface area contributed by atoms with Crippen LogP contribution in [0.5, 0.6) is 0 Å². The summed E-state index contributed by atoms with van der Waals surface area (Å²) in [6.45, 7) is 6.21. The number of hydrogen-bond acceptors (Lipinski definition) is 2. The molecule has 1 atom stereocenters. The monoisotopic (exact) mass is 243 g/mol. The van der Waals surface area contributed by atoms with Crippen molar-refractivity contribution in [3.63, 3.8) is 0 Å². The molecule has 1 N–H and O–H groups in total. The fraction of sp³-hybridized carbons (Fsp3) is 0.400. The van der Waals surface area contributed by atoms with Gasteiger partial charge in [0, 0.05) is 25.3 Å². The zero-order valence-electron chi connectivity index (χ0n) is 11.1. The highest BCUT2D eigenvalue weighted by Crippen LogP contribution is 2.12. The zero-order chi connectivity index (χ0) is 12.8. The number of hydrogen-bond donors (Lipinski definition) is 1. The van der Waals surface area contributed by atoms with Crippen LogP contribution in [0.1, 0.15) is 37.6 Å². The van der Waals surface area contributed by atoms with Gasteiger partial charge >= 0.3 is 0 Å². The van der Waals surface area contributed by atoms with Gasteiger partial charge in [0.2, 0.25) is 0 Å². The van der Waals surface area contributed by atoms with E-state index in [0.29, 0.717) is 6.04 Å². The van der Waals surface area contributed by atoms with Crippen LogP contribution in [0.4, 0.5) is 0 Å². The lowest BCUT2D eigenvalue weighted by molar-refractivity contribution is 0.517. The number of benzene rings is 1. The van der Waals surface area contributed by atoms with Crippen LogP contribution in [0.15, 0.2) is 42.6 Å². The quantitative estimate of drug-likeness (QED) is 0.844. The minimum Gasteiger partial charge on any atom is -0.305 e. The standard InChI is InChI=1S/C15H21N3/c1-3-11-18-15(9-10-17-18)12-16-13(2)14-7-5-4-6-8-14/h4-10,13,16H,3,11-12H2,1-2H3. The molecular weight excluding hydrogens is 222 g/mol. The van der Waals surface area contributed by atoms with Crippen LogP contribution in [-0.2, 0) is 13.1 Å². The van der Waals surface area contributed by atoms with Crippen molar-refractivity contribution in [2.45, 2.75) is 39.4 Å². The highest BCUT2D eigenvalue weighted by atomic mass is 15.3. The smallest absolute Gasteiger partial charge is 0.0522 e. The van der Waals surface area contributed by atoms with Gasteiger partial charge in [-0.3, -0.25) is 4.68 Å². The minimum absolute atomic E-state index is 0.358. The summed E-state index contributed by atoms with van der Waals surface area (Å²) in [4.78, 5) is 0. The van der Waals surface area contributed by atoms with Crippen LogP contribution in [0.25, 0.3) is 0 Å². The van der Waals surface area contributed by atoms with E-state index in [0.717, 1.165) is 19.5 Å². The van der Waals surface area contributed by atoms with Crippen LogP contribution >= 0.6 is 0 Å². The normalized spacial score (nSPS) is 12.6. The first kappa shape index (κ1) is 12.8. The van der Waals surface area contributed by atoms with Gasteiger partial charge < -0.3 is 5.32 Å². The Balaban J connectivity index is 1.93. The lowest BCUT2D eigenvalue weighted by Crippen LogP contribution is -2.20. The Bertz CT molecular complexity index is 462. The van der Waals surface area contributed by atoms with Crippen molar-refractivity contribution in [1.29, 1.82) is 0 Å². The molecule has 0 spiro atoms. The van der Waals surface area contributed by atoms with Crippen LogP contribution < -0.4 is 5.32 Å². The molecule has 0 aliphatic carbocycles. The molecule has 96 valence electrons. The van der Waals surface area contributed by atoms with Crippen LogP contribution in [0, 0.1) is 0 Å². The number of aryl methyl sites for hydroxylation is 1. The summed E-state index contributed by atoms with van der Waals surface area (Å²) in [5.41, 5.74) is 2.57. The largest absolute Gasteiger partial charge is 0.305 e. The Morgan fingerprint density at radius 3 is 2.72 bits per heavy atom. The minimum atomic E-state index is 0.358. The lowest BCUT2D eigenvalue weighted by atomic mass is 10.1. The summed E-state index contributed by atoms with van der Waals surface area (Å²) in [6.07, 6.45) is 2.99. The molecule has 0 radical (unpaired) electrons. The molecule has 2 aromatic rings. The molecule has 0 fully saturated rings. The Hall–Kier alpha value is -1.61. The summed E-state index contributed by atoms with van der Waals surface area (Å²) < 4.78 is 2.07. The van der Waals surface area contributed by atoms with Gasteiger partial charge in [-0.2, -0.15) is 5.10 Å². The molecule has 0 saturated heterocycles. The van der Waals surface area contributed by atoms with Crippen molar-refractivity contribution in [1.82, 2.24) is 15.1 Å². The maximum atomic E-state index is 4.33. The first-order chi connectivity index (χ1) is 8.81. The molecule has 0 amide bonds. The van der Waals surface area contributed by atoms with Gasteiger partial charge in [0.25, 0.3) is 0 Å². The molecule has 3 nitrogen and oxygen atoms in total. The predicted molar refractivity (Wildman–Crippen MR) is 74.2 cm³/mol. The Kier molecular flexibility index (Phi) is 4.53. The fourth-order valence-corrected chi connectivity index (χ4v) is 2.04. The third kappa shape index (κ3) is 3.20. The summed E-state index contributed by atoms with van der Waals surface area (Å²) in [6, 6.07) is 13.0. The van der Waals surface area contributed by atoms with E-state index in [1.54, 1.807) is 0 Å². The third-order valence-electron chi connectivity index (χ3n) is 3.13. The topological polar surface area (TPSA) is 29.9 Å². The number of nitrogens with one attached hydrogen (secondary N) is 1. The van der Waals surface area contributed by atoms with E-state index in [1.165, 1.54) is 11.3 Å². The first-order valence-electron chi connectivity index (χ1n) is 6.60. The zero-order valence-corrected chi connectivity index (χ0v) is 11.1. The van der Waals surface area contributed by atoms with E-state index in [1.807, 2.05) is 12.3 Å². The Morgan fingerprint density at radius 1 is 1.22 bits per heavy atom. The molecule has 3 heteroatoms. The van der Waals surface area contributed by atoms with Crippen LogP contribution in [-0.4, -0.2) is 9.78 Å². The molecule has 0 saturated carbocycles. The van der Waals surface area contributed by atoms with E-state index in [4.69, 9.17) is 0 Å². The van der Waals surface area contributed by atoms with Crippen molar-refractivity contribution in [2.24, 2.45) is 0 Å². The highest BCUT2D eigenvalue weighted by molar-refractivity contribution is 5.18. The van der Waals surface area contributed by atoms with Gasteiger partial charge in [0.1, 0.15) is 0 Å². The second-order valence-electron chi connectivity index (χ2n) is 4.56. The molecule has 1 aromatic heterocycles. The average molecular weight is 243 g/mol. The number of rotatable bonds is 6. The van der Waals surface area contributed by atoms with Gasteiger partial charge in [0.15, 0.2) is 0 Å². The molecule has 1 heterocycles. The Labute approximate surface area is 109 Å². The molecule has 2 rings (SSSR count). The maximum absolute atomic E-state index is 4.33. The number of nitrogens with zero attached hydrogens (tertiary/aromatic N) is 2. The summed E-state index contributed by atoms with van der Waals surface area (Å²) in [7, 11) is 0. The second-order valence-corrected chi connectivity index (χ2v) is 4.56. The van der Waals surface area contributed by atoms with Crippen LogP contribution in [0.2, 0.25) is 0 Å². The number of aromatic nitrogens is 2. The average Bonchev–Trinajstić information content (AvgIpc) is 2.85. The van der Waals surface area contributed by atoms with E-state index in [9.17, 15) is 0 Å². The maximum Gasteiger partial charge on any atom is 0.0522 e. The van der Waals surface area contributed by atoms with E-state index >= 15 is 0 Å². The first-order valence-corrected chi connectivity index (χ1v) is 6.60. The predicted octanol–water partition coefficient (Wildman–Crippen LogP) is 3.14. The lowest BCUT2D eigenvalue weighted by Gasteiger charge is -2.14. The van der Waals surface area contributed by atoms with Crippen molar-refractivity contribution < 1.29 is 0 Å². The molecule has 0 aliphatic rings. The van der Waals surface area contributed by atoms with E-state index in [-0.39, 0.29) is 0 Å². The molecule has 1 unspecified atom stereocenters. The summed E-state index contributed by atoms with van der Waals surface area (Å²) in [5, 5.41) is 7.87. The Morgan fingerprint density at radius 2 is 2.00 bits per heavy atom. The third-order valence-corrected chi connectivity index (χ3v) is 3.13.